The first kappa shape index (κ1) is 27.4. The smallest absolute Gasteiger partial charge is 0.418 e. The zero-order valence-corrected chi connectivity index (χ0v) is 22.1. The molecule has 0 saturated heterocycles. The van der Waals surface area contributed by atoms with Crippen LogP contribution in [0.1, 0.15) is 66.6 Å². The van der Waals surface area contributed by atoms with E-state index in [9.17, 15) is 22.8 Å². The lowest BCUT2D eigenvalue weighted by Gasteiger charge is -2.28. The van der Waals surface area contributed by atoms with Crippen molar-refractivity contribution in [2.45, 2.75) is 51.1 Å². The Labute approximate surface area is 230 Å². The van der Waals surface area contributed by atoms with Gasteiger partial charge in [-0.3, -0.25) is 9.59 Å². The van der Waals surface area contributed by atoms with E-state index in [-0.39, 0.29) is 17.4 Å². The Kier molecular flexibility index (Phi) is 7.91. The number of nitrogens with one attached hydrogen (secondary N) is 1. The molecule has 1 amide bonds. The van der Waals surface area contributed by atoms with Crippen molar-refractivity contribution >= 4 is 23.2 Å². The molecule has 0 atom stereocenters. The molecule has 0 radical (unpaired) electrons. The minimum atomic E-state index is -4.59. The van der Waals surface area contributed by atoms with Crippen molar-refractivity contribution in [2.75, 3.05) is 11.9 Å². The Balaban J connectivity index is 1.25. The van der Waals surface area contributed by atoms with Gasteiger partial charge in [0.05, 0.1) is 17.9 Å². The predicted octanol–water partition coefficient (Wildman–Crippen LogP) is 7.50. The highest BCUT2D eigenvalue weighted by molar-refractivity contribution is 6.03. The largest absolute Gasteiger partial charge is 0.466 e. The zero-order valence-electron chi connectivity index (χ0n) is 22.1. The summed E-state index contributed by atoms with van der Waals surface area (Å²) < 4.78 is 46.7. The van der Waals surface area contributed by atoms with Crippen LogP contribution < -0.4 is 5.32 Å². The van der Waals surface area contributed by atoms with Crippen molar-refractivity contribution in [1.82, 2.24) is 9.38 Å². The number of aromatic nitrogens is 2. The van der Waals surface area contributed by atoms with Gasteiger partial charge in [-0.25, -0.2) is 4.98 Å². The van der Waals surface area contributed by atoms with Crippen molar-refractivity contribution in [1.29, 1.82) is 0 Å². The summed E-state index contributed by atoms with van der Waals surface area (Å²) in [6.07, 6.45) is 3.38. The van der Waals surface area contributed by atoms with E-state index in [1.807, 2.05) is 19.2 Å². The molecule has 1 fully saturated rings. The first-order valence-electron chi connectivity index (χ1n) is 13.4. The van der Waals surface area contributed by atoms with Gasteiger partial charge in [0.2, 0.25) is 0 Å². The highest BCUT2D eigenvalue weighted by Gasteiger charge is 2.33. The maximum Gasteiger partial charge on any atom is 0.418 e. The van der Waals surface area contributed by atoms with Gasteiger partial charge in [-0.1, -0.05) is 36.4 Å². The molecule has 1 aliphatic rings. The number of hydrogen-bond acceptors (Lipinski definition) is 4. The van der Waals surface area contributed by atoms with Crippen molar-refractivity contribution in [3.63, 3.8) is 0 Å². The molecule has 0 spiro atoms. The lowest BCUT2D eigenvalue weighted by molar-refractivity contribution is -0.144. The number of fused-ring (bicyclic) bond motifs is 1. The van der Waals surface area contributed by atoms with Crippen molar-refractivity contribution in [3.05, 3.63) is 89.9 Å². The number of imidazole rings is 1. The lowest BCUT2D eigenvalue weighted by atomic mass is 9.77. The number of anilines is 1. The number of ether oxygens (including phenoxy) is 1. The lowest BCUT2D eigenvalue weighted by Crippen LogP contribution is -2.17. The van der Waals surface area contributed by atoms with Gasteiger partial charge in [0, 0.05) is 18.8 Å². The van der Waals surface area contributed by atoms with Crippen LogP contribution in [0.25, 0.3) is 16.8 Å². The summed E-state index contributed by atoms with van der Waals surface area (Å²) in [5.74, 6) is 0.0305. The van der Waals surface area contributed by atoms with E-state index in [0.717, 1.165) is 42.9 Å². The number of esters is 1. The second kappa shape index (κ2) is 11.5. The summed E-state index contributed by atoms with van der Waals surface area (Å²) in [6, 6.07) is 16.9. The Morgan fingerprint density at radius 3 is 2.35 bits per heavy atom. The number of halogens is 3. The van der Waals surface area contributed by atoms with Crippen molar-refractivity contribution in [2.24, 2.45) is 5.92 Å². The number of para-hydroxylation sites is 1. The van der Waals surface area contributed by atoms with Crippen LogP contribution >= 0.6 is 0 Å². The highest BCUT2D eigenvalue weighted by atomic mass is 19.4. The molecule has 1 N–H and O–H groups in total. The minimum Gasteiger partial charge on any atom is -0.466 e. The Morgan fingerprint density at radius 1 is 0.950 bits per heavy atom. The van der Waals surface area contributed by atoms with Gasteiger partial charge >= 0.3 is 12.1 Å². The summed E-state index contributed by atoms with van der Waals surface area (Å²) in [5.41, 5.74) is 2.50. The van der Waals surface area contributed by atoms with E-state index in [1.54, 1.807) is 10.5 Å². The Bertz CT molecular complexity index is 1500. The van der Waals surface area contributed by atoms with Crippen LogP contribution in [0.3, 0.4) is 0 Å². The van der Waals surface area contributed by atoms with E-state index >= 15 is 0 Å². The van der Waals surface area contributed by atoms with Gasteiger partial charge < -0.3 is 14.5 Å². The zero-order chi connectivity index (χ0) is 28.3. The fourth-order valence-corrected chi connectivity index (χ4v) is 5.40. The van der Waals surface area contributed by atoms with Crippen molar-refractivity contribution < 1.29 is 27.5 Å². The molecule has 2 heterocycles. The Hall–Kier alpha value is -4.14. The van der Waals surface area contributed by atoms with E-state index in [2.05, 4.69) is 34.6 Å². The third-order valence-electron chi connectivity index (χ3n) is 7.49. The molecular formula is C31H30F3N3O3. The number of amides is 1. The number of alkyl halides is 3. The minimum absolute atomic E-state index is 0.0167. The summed E-state index contributed by atoms with van der Waals surface area (Å²) in [7, 11) is 0. The predicted molar refractivity (Wildman–Crippen MR) is 146 cm³/mol. The molecule has 9 heteroatoms. The van der Waals surface area contributed by atoms with Gasteiger partial charge in [-0.15, -0.1) is 0 Å². The molecular weight excluding hydrogens is 519 g/mol. The first-order valence-corrected chi connectivity index (χ1v) is 13.4. The van der Waals surface area contributed by atoms with E-state index in [0.29, 0.717) is 30.5 Å². The molecule has 5 rings (SSSR count). The van der Waals surface area contributed by atoms with Crippen LogP contribution in [-0.2, 0) is 15.7 Å². The second-order valence-electron chi connectivity index (χ2n) is 10.2. The SMILES string of the molecule is CCOC(=O)CC1CCC(c2ccc(-c3ccc4nc(C(=O)Nc5ccccc5C(F)(F)F)cn4c3)cc2)CC1. The van der Waals surface area contributed by atoms with E-state index in [4.69, 9.17) is 4.74 Å². The number of rotatable bonds is 7. The van der Waals surface area contributed by atoms with Gasteiger partial charge in [-0.05, 0) is 85.4 Å². The molecule has 0 unspecified atom stereocenters. The molecule has 0 aliphatic heterocycles. The van der Waals surface area contributed by atoms with E-state index in [1.165, 1.54) is 30.0 Å². The van der Waals surface area contributed by atoms with Gasteiger partial charge in [0.15, 0.2) is 0 Å². The fraction of sp³-hybridized carbons (Fsp3) is 0.323. The maximum absolute atomic E-state index is 13.3. The molecule has 1 aliphatic carbocycles. The van der Waals surface area contributed by atoms with Crippen LogP contribution in [-0.4, -0.2) is 27.9 Å². The topological polar surface area (TPSA) is 72.7 Å². The third kappa shape index (κ3) is 6.19. The molecule has 40 heavy (non-hydrogen) atoms. The molecule has 0 bridgehead atoms. The quantitative estimate of drug-likeness (QED) is 0.242. The van der Waals surface area contributed by atoms with Crippen LogP contribution in [0.4, 0.5) is 18.9 Å². The van der Waals surface area contributed by atoms with Gasteiger partial charge in [-0.2, -0.15) is 13.2 Å². The summed E-state index contributed by atoms with van der Waals surface area (Å²) in [5, 5.41) is 2.34. The average molecular weight is 550 g/mol. The standard InChI is InChI=1S/C31H30F3N3O3/c1-2-40-29(38)17-20-7-9-21(10-8-20)22-11-13-23(14-12-22)24-15-16-28-35-27(19-37(28)18-24)30(39)36-26-6-4-3-5-25(26)31(32,33)34/h3-6,11-16,18-21H,2,7-10,17H2,1H3,(H,36,39). The Morgan fingerprint density at radius 2 is 1.65 bits per heavy atom. The monoisotopic (exact) mass is 549 g/mol. The number of pyridine rings is 1. The van der Waals surface area contributed by atoms with Crippen LogP contribution in [0.2, 0.25) is 0 Å². The second-order valence-corrected chi connectivity index (χ2v) is 10.2. The fourth-order valence-electron chi connectivity index (χ4n) is 5.40. The number of carbonyl (C=O) groups excluding carboxylic acids is 2. The average Bonchev–Trinajstić information content (AvgIpc) is 3.37. The van der Waals surface area contributed by atoms with Crippen LogP contribution in [0, 0.1) is 5.92 Å². The normalized spacial score (nSPS) is 17.5. The summed E-state index contributed by atoms with van der Waals surface area (Å²) in [6.45, 7) is 2.25. The summed E-state index contributed by atoms with van der Waals surface area (Å²) >= 11 is 0. The number of carbonyl (C=O) groups is 2. The molecule has 1 saturated carbocycles. The molecule has 4 aromatic rings. The van der Waals surface area contributed by atoms with Gasteiger partial charge in [0.25, 0.3) is 5.91 Å². The number of hydrogen-bond donors (Lipinski definition) is 1. The number of benzene rings is 2. The van der Waals surface area contributed by atoms with Crippen LogP contribution in [0.5, 0.6) is 0 Å². The van der Waals surface area contributed by atoms with Crippen LogP contribution in [0.15, 0.2) is 73.1 Å². The van der Waals surface area contributed by atoms with E-state index < -0.39 is 17.6 Å². The highest BCUT2D eigenvalue weighted by Crippen LogP contribution is 2.38. The first-order chi connectivity index (χ1) is 19.2. The summed E-state index contributed by atoms with van der Waals surface area (Å²) in [4.78, 5) is 28.8. The molecule has 208 valence electrons. The molecule has 6 nitrogen and oxygen atoms in total. The number of nitrogens with zero attached hydrogens (tertiary/aromatic N) is 2. The molecule has 2 aromatic heterocycles. The molecule has 2 aromatic carbocycles. The maximum atomic E-state index is 13.3. The van der Waals surface area contributed by atoms with Gasteiger partial charge in [0.1, 0.15) is 11.3 Å². The third-order valence-corrected chi connectivity index (χ3v) is 7.49. The van der Waals surface area contributed by atoms with Crippen molar-refractivity contribution in [3.8, 4) is 11.1 Å².